The first-order valence-corrected chi connectivity index (χ1v) is 8.84. The van der Waals surface area contributed by atoms with Crippen molar-refractivity contribution in [3.8, 4) is 5.88 Å². The predicted octanol–water partition coefficient (Wildman–Crippen LogP) is 2.69. The molecule has 0 amide bonds. The Balaban J connectivity index is 1.51. The molecule has 0 saturated carbocycles. The average molecular weight is 324 g/mol. The van der Waals surface area contributed by atoms with Crippen molar-refractivity contribution in [3.63, 3.8) is 0 Å². The van der Waals surface area contributed by atoms with Gasteiger partial charge in [0.15, 0.2) is 0 Å². The number of hydrogen-bond donors (Lipinski definition) is 0. The van der Waals surface area contributed by atoms with Crippen molar-refractivity contribution in [2.24, 2.45) is 0 Å². The fourth-order valence-corrected chi connectivity index (χ4v) is 3.66. The Labute approximate surface area is 143 Å². The van der Waals surface area contributed by atoms with Gasteiger partial charge in [0.25, 0.3) is 0 Å². The number of rotatable bonds is 3. The van der Waals surface area contributed by atoms with Gasteiger partial charge in [0.2, 0.25) is 11.8 Å². The fourth-order valence-electron chi connectivity index (χ4n) is 3.66. The molecule has 4 rings (SSSR count). The van der Waals surface area contributed by atoms with Crippen molar-refractivity contribution in [1.82, 2.24) is 9.97 Å². The lowest BCUT2D eigenvalue weighted by Crippen LogP contribution is -2.47. The Morgan fingerprint density at radius 2 is 1.58 bits per heavy atom. The summed E-state index contributed by atoms with van der Waals surface area (Å²) in [6.07, 6.45) is 4.52. The third kappa shape index (κ3) is 2.90. The number of ether oxygens (including phenoxy) is 1. The lowest BCUT2D eigenvalue weighted by atomic mass is 9.97. The second-order valence-corrected chi connectivity index (χ2v) is 6.47. The molecule has 0 bridgehead atoms. The highest BCUT2D eigenvalue weighted by Gasteiger charge is 2.23. The van der Waals surface area contributed by atoms with Gasteiger partial charge in [-0.05, 0) is 37.8 Å². The van der Waals surface area contributed by atoms with E-state index in [1.807, 2.05) is 0 Å². The summed E-state index contributed by atoms with van der Waals surface area (Å²) in [7, 11) is 1.72. The first-order valence-electron chi connectivity index (χ1n) is 8.84. The molecule has 24 heavy (non-hydrogen) atoms. The van der Waals surface area contributed by atoms with E-state index in [1.165, 1.54) is 29.8 Å². The predicted molar refractivity (Wildman–Crippen MR) is 96.1 cm³/mol. The molecule has 126 valence electrons. The Kier molecular flexibility index (Phi) is 4.24. The van der Waals surface area contributed by atoms with Crippen LogP contribution in [-0.2, 0) is 12.8 Å². The molecular weight excluding hydrogens is 300 g/mol. The second-order valence-electron chi connectivity index (χ2n) is 6.47. The average Bonchev–Trinajstić information content (AvgIpc) is 2.68. The van der Waals surface area contributed by atoms with E-state index in [2.05, 4.69) is 40.1 Å². The number of fused-ring (bicyclic) bond motifs is 1. The van der Waals surface area contributed by atoms with E-state index in [0.29, 0.717) is 0 Å². The monoisotopic (exact) mass is 324 g/mol. The Morgan fingerprint density at radius 1 is 0.875 bits per heavy atom. The first kappa shape index (κ1) is 15.2. The number of benzene rings is 1. The number of hydrogen-bond acceptors (Lipinski definition) is 5. The van der Waals surface area contributed by atoms with Crippen LogP contribution in [-0.4, -0.2) is 43.3 Å². The minimum Gasteiger partial charge on any atom is -0.481 e. The van der Waals surface area contributed by atoms with Gasteiger partial charge in [0.1, 0.15) is 0 Å². The van der Waals surface area contributed by atoms with Gasteiger partial charge >= 0.3 is 0 Å². The lowest BCUT2D eigenvalue weighted by molar-refractivity contribution is 0.386. The van der Waals surface area contributed by atoms with Crippen LogP contribution in [0.15, 0.2) is 30.3 Å². The zero-order valence-corrected chi connectivity index (χ0v) is 14.2. The highest BCUT2D eigenvalue weighted by Crippen LogP contribution is 2.29. The summed E-state index contributed by atoms with van der Waals surface area (Å²) >= 11 is 0. The highest BCUT2D eigenvalue weighted by atomic mass is 16.5. The maximum absolute atomic E-state index is 5.55. The third-order valence-corrected chi connectivity index (χ3v) is 5.01. The quantitative estimate of drug-likeness (QED) is 0.868. The van der Waals surface area contributed by atoms with Crippen LogP contribution in [0.2, 0.25) is 0 Å². The fraction of sp³-hybridized carbons (Fsp3) is 0.474. The van der Waals surface area contributed by atoms with Crippen molar-refractivity contribution in [2.45, 2.75) is 25.7 Å². The summed E-state index contributed by atoms with van der Waals surface area (Å²) in [5.74, 6) is 1.61. The molecule has 0 N–H and O–H groups in total. The minimum absolute atomic E-state index is 0.778. The molecule has 0 unspecified atom stereocenters. The summed E-state index contributed by atoms with van der Waals surface area (Å²) in [4.78, 5) is 14.3. The molecule has 2 aromatic rings. The molecule has 5 heteroatoms. The van der Waals surface area contributed by atoms with E-state index in [0.717, 1.165) is 50.8 Å². The largest absolute Gasteiger partial charge is 0.481 e. The first-order chi connectivity index (χ1) is 11.8. The summed E-state index contributed by atoms with van der Waals surface area (Å²) in [5, 5.41) is 0. The number of para-hydroxylation sites is 1. The van der Waals surface area contributed by atoms with Crippen molar-refractivity contribution in [3.05, 3.63) is 41.6 Å². The molecule has 1 aliphatic carbocycles. The highest BCUT2D eigenvalue weighted by molar-refractivity contribution is 5.49. The van der Waals surface area contributed by atoms with E-state index in [-0.39, 0.29) is 0 Å². The van der Waals surface area contributed by atoms with Gasteiger partial charge in [-0.3, -0.25) is 0 Å². The Hall–Kier alpha value is -2.30. The van der Waals surface area contributed by atoms with Crippen LogP contribution < -0.4 is 14.5 Å². The molecule has 1 aliphatic heterocycles. The Bertz CT molecular complexity index is 679. The van der Waals surface area contributed by atoms with Crippen LogP contribution in [0.4, 0.5) is 11.6 Å². The molecule has 0 atom stereocenters. The number of anilines is 2. The van der Waals surface area contributed by atoms with Crippen LogP contribution >= 0.6 is 0 Å². The van der Waals surface area contributed by atoms with Crippen molar-refractivity contribution in [2.75, 3.05) is 43.1 Å². The van der Waals surface area contributed by atoms with Crippen molar-refractivity contribution < 1.29 is 4.74 Å². The van der Waals surface area contributed by atoms with Crippen LogP contribution in [0, 0.1) is 0 Å². The number of methoxy groups -OCH3 is 1. The number of piperazine rings is 1. The van der Waals surface area contributed by atoms with Gasteiger partial charge in [-0.15, -0.1) is 0 Å². The topological polar surface area (TPSA) is 41.5 Å². The molecular formula is C19H24N4O. The maximum atomic E-state index is 5.55. The molecule has 0 spiro atoms. The minimum atomic E-state index is 0.778. The van der Waals surface area contributed by atoms with Crippen LogP contribution in [0.25, 0.3) is 0 Å². The molecule has 1 aromatic carbocycles. The van der Waals surface area contributed by atoms with Gasteiger partial charge in [0, 0.05) is 37.4 Å². The van der Waals surface area contributed by atoms with Crippen molar-refractivity contribution in [1.29, 1.82) is 0 Å². The molecule has 1 aromatic heterocycles. The smallest absolute Gasteiger partial charge is 0.229 e. The van der Waals surface area contributed by atoms with E-state index in [1.54, 1.807) is 7.11 Å². The standard InChI is InChI=1S/C19H24N4O/c1-24-18-16-9-5-6-10-17(16)20-19(21-18)23-13-11-22(12-14-23)15-7-3-2-4-8-15/h2-4,7-8H,5-6,9-14H2,1H3. The number of aryl methyl sites for hydroxylation is 1. The summed E-state index contributed by atoms with van der Waals surface area (Å²) in [6, 6.07) is 10.6. The van der Waals surface area contributed by atoms with Gasteiger partial charge < -0.3 is 14.5 Å². The van der Waals surface area contributed by atoms with E-state index >= 15 is 0 Å². The summed E-state index contributed by atoms with van der Waals surface area (Å²) in [5.41, 5.74) is 3.70. The SMILES string of the molecule is COc1nc(N2CCN(c3ccccc3)CC2)nc2c1CCCC2. The van der Waals surface area contributed by atoms with Gasteiger partial charge in [-0.1, -0.05) is 18.2 Å². The van der Waals surface area contributed by atoms with Crippen molar-refractivity contribution >= 4 is 11.6 Å². The lowest BCUT2D eigenvalue weighted by Gasteiger charge is -2.36. The maximum Gasteiger partial charge on any atom is 0.229 e. The number of aromatic nitrogens is 2. The second kappa shape index (κ2) is 6.67. The molecule has 0 radical (unpaired) electrons. The van der Waals surface area contributed by atoms with E-state index in [4.69, 9.17) is 14.7 Å². The molecule has 2 aliphatic rings. The molecule has 1 fully saturated rings. The zero-order valence-electron chi connectivity index (χ0n) is 14.2. The molecule has 2 heterocycles. The van der Waals surface area contributed by atoms with E-state index in [9.17, 15) is 0 Å². The van der Waals surface area contributed by atoms with E-state index < -0.39 is 0 Å². The summed E-state index contributed by atoms with van der Waals surface area (Å²) < 4.78 is 5.55. The van der Waals surface area contributed by atoms with Crippen LogP contribution in [0.1, 0.15) is 24.1 Å². The normalized spacial score (nSPS) is 17.5. The van der Waals surface area contributed by atoms with Crippen LogP contribution in [0.5, 0.6) is 5.88 Å². The van der Waals surface area contributed by atoms with Crippen LogP contribution in [0.3, 0.4) is 0 Å². The third-order valence-electron chi connectivity index (χ3n) is 5.01. The summed E-state index contributed by atoms with van der Waals surface area (Å²) in [6.45, 7) is 3.87. The molecule has 5 nitrogen and oxygen atoms in total. The van der Waals surface area contributed by atoms with Gasteiger partial charge in [-0.2, -0.15) is 4.98 Å². The Morgan fingerprint density at radius 3 is 2.33 bits per heavy atom. The number of nitrogens with zero attached hydrogens (tertiary/aromatic N) is 4. The van der Waals surface area contributed by atoms with Gasteiger partial charge in [-0.25, -0.2) is 4.98 Å². The molecule has 1 saturated heterocycles. The van der Waals surface area contributed by atoms with Gasteiger partial charge in [0.05, 0.1) is 12.8 Å². The zero-order chi connectivity index (χ0) is 16.4.